The summed E-state index contributed by atoms with van der Waals surface area (Å²) >= 11 is 0. The molecule has 0 aromatic heterocycles. The van der Waals surface area contributed by atoms with Gasteiger partial charge in [-0.15, -0.1) is 12.4 Å². The van der Waals surface area contributed by atoms with Gasteiger partial charge in [0.1, 0.15) is 0 Å². The second-order valence-corrected chi connectivity index (χ2v) is 6.54. The molecule has 1 amide bonds. The van der Waals surface area contributed by atoms with Gasteiger partial charge in [0, 0.05) is 12.1 Å². The fourth-order valence-electron chi connectivity index (χ4n) is 3.17. The van der Waals surface area contributed by atoms with Crippen LogP contribution in [0.5, 0.6) is 11.5 Å². The van der Waals surface area contributed by atoms with E-state index in [1.54, 1.807) is 19.2 Å². The van der Waals surface area contributed by atoms with E-state index >= 15 is 0 Å². The summed E-state index contributed by atoms with van der Waals surface area (Å²) in [4.78, 5) is 12.6. The number of amides is 1. The second-order valence-electron chi connectivity index (χ2n) is 6.54. The molecule has 1 saturated carbocycles. The highest BCUT2D eigenvalue weighted by atomic mass is 35.5. The number of nitrogens with two attached hydrogens (primary N) is 1. The molecule has 142 valence electrons. The van der Waals surface area contributed by atoms with Crippen molar-refractivity contribution in [2.24, 2.45) is 5.73 Å². The fourth-order valence-corrected chi connectivity index (χ4v) is 3.17. The third-order valence-electron chi connectivity index (χ3n) is 5.14. The molecular weight excluding hydrogens is 340 g/mol. The molecule has 25 heavy (non-hydrogen) atoms. The lowest BCUT2D eigenvalue weighted by molar-refractivity contribution is 0.0895. The van der Waals surface area contributed by atoms with Gasteiger partial charge >= 0.3 is 0 Å². The fraction of sp³-hybridized carbons (Fsp3) is 0.632. The number of halogens is 1. The summed E-state index contributed by atoms with van der Waals surface area (Å²) in [5, 5.41) is 3.08. The van der Waals surface area contributed by atoms with Gasteiger partial charge in [-0.25, -0.2) is 0 Å². The molecule has 0 unspecified atom stereocenters. The Kier molecular flexibility index (Phi) is 8.53. The minimum absolute atomic E-state index is 0. The van der Waals surface area contributed by atoms with Crippen LogP contribution in [-0.2, 0) is 0 Å². The van der Waals surface area contributed by atoms with E-state index in [4.69, 9.17) is 15.2 Å². The van der Waals surface area contributed by atoms with Crippen molar-refractivity contribution in [2.75, 3.05) is 13.7 Å². The molecule has 0 atom stereocenters. The molecule has 1 aliphatic carbocycles. The van der Waals surface area contributed by atoms with Crippen molar-refractivity contribution in [3.8, 4) is 11.5 Å². The van der Waals surface area contributed by atoms with Gasteiger partial charge in [-0.3, -0.25) is 4.79 Å². The Hall–Kier alpha value is -1.46. The Morgan fingerprint density at radius 3 is 2.40 bits per heavy atom. The van der Waals surface area contributed by atoms with Gasteiger partial charge in [0.05, 0.1) is 18.8 Å². The van der Waals surface area contributed by atoms with Gasteiger partial charge < -0.3 is 20.5 Å². The molecule has 0 aliphatic heterocycles. The maximum Gasteiger partial charge on any atom is 0.251 e. The van der Waals surface area contributed by atoms with E-state index in [0.717, 1.165) is 25.7 Å². The van der Waals surface area contributed by atoms with Crippen LogP contribution in [0.2, 0.25) is 0 Å². The van der Waals surface area contributed by atoms with Crippen molar-refractivity contribution in [1.29, 1.82) is 0 Å². The smallest absolute Gasteiger partial charge is 0.251 e. The number of nitrogens with one attached hydrogen (secondary N) is 1. The summed E-state index contributed by atoms with van der Waals surface area (Å²) in [5.74, 6) is 1.17. The maximum atomic E-state index is 12.6. The molecule has 6 heteroatoms. The van der Waals surface area contributed by atoms with Crippen LogP contribution in [0.1, 0.15) is 62.7 Å². The molecule has 0 bridgehead atoms. The first-order valence-corrected chi connectivity index (χ1v) is 8.94. The van der Waals surface area contributed by atoms with Gasteiger partial charge in [0.25, 0.3) is 5.91 Å². The Morgan fingerprint density at radius 1 is 1.24 bits per heavy atom. The largest absolute Gasteiger partial charge is 0.493 e. The van der Waals surface area contributed by atoms with Crippen LogP contribution in [0, 0.1) is 0 Å². The van der Waals surface area contributed by atoms with Crippen molar-refractivity contribution < 1.29 is 14.3 Å². The molecule has 1 fully saturated rings. The molecule has 0 heterocycles. The van der Waals surface area contributed by atoms with E-state index in [2.05, 4.69) is 5.32 Å². The summed E-state index contributed by atoms with van der Waals surface area (Å²) in [7, 11) is 1.60. The Bertz CT molecular complexity index is 547. The predicted molar refractivity (Wildman–Crippen MR) is 103 cm³/mol. The van der Waals surface area contributed by atoms with E-state index in [0.29, 0.717) is 23.6 Å². The van der Waals surface area contributed by atoms with Crippen molar-refractivity contribution >= 4 is 18.3 Å². The van der Waals surface area contributed by atoms with Crippen LogP contribution >= 0.6 is 12.4 Å². The quantitative estimate of drug-likeness (QED) is 0.732. The number of methoxy groups -OCH3 is 1. The second kappa shape index (κ2) is 9.88. The van der Waals surface area contributed by atoms with E-state index in [9.17, 15) is 4.79 Å². The highest BCUT2D eigenvalue weighted by Gasteiger charge is 2.27. The number of carbonyl (C=O) groups excluding carboxylic acids is 1. The average molecular weight is 371 g/mol. The first-order chi connectivity index (χ1) is 11.6. The zero-order valence-electron chi connectivity index (χ0n) is 15.5. The number of hydrogen-bond donors (Lipinski definition) is 2. The predicted octanol–water partition coefficient (Wildman–Crippen LogP) is 3.69. The summed E-state index contributed by atoms with van der Waals surface area (Å²) in [6, 6.07) is 5.36. The molecular formula is C19H31ClN2O3. The lowest BCUT2D eigenvalue weighted by Crippen LogP contribution is -2.52. The van der Waals surface area contributed by atoms with E-state index < -0.39 is 0 Å². The average Bonchev–Trinajstić information content (AvgIpc) is 3.13. The zero-order chi connectivity index (χ0) is 17.6. The first-order valence-electron chi connectivity index (χ1n) is 8.94. The standard InChI is InChI=1S/C19H30N2O3.ClH/c1-4-19(5-2,13-20)21-18(22)14-10-11-16(17(12-14)23-3)24-15-8-6-7-9-15;/h10-12,15H,4-9,13,20H2,1-3H3,(H,21,22);1H. The Labute approximate surface area is 157 Å². The zero-order valence-corrected chi connectivity index (χ0v) is 16.3. The Morgan fingerprint density at radius 2 is 1.88 bits per heavy atom. The van der Waals surface area contributed by atoms with Crippen LogP contribution in [0.15, 0.2) is 18.2 Å². The summed E-state index contributed by atoms with van der Waals surface area (Å²) < 4.78 is 11.4. The highest BCUT2D eigenvalue weighted by molar-refractivity contribution is 5.95. The van der Waals surface area contributed by atoms with Gasteiger partial charge in [0.2, 0.25) is 0 Å². The van der Waals surface area contributed by atoms with Crippen molar-refractivity contribution in [3.63, 3.8) is 0 Å². The molecule has 5 nitrogen and oxygen atoms in total. The summed E-state index contributed by atoms with van der Waals surface area (Å²) in [6.45, 7) is 4.50. The SMILES string of the molecule is CCC(CC)(CN)NC(=O)c1ccc(OC2CCCC2)c(OC)c1.Cl. The molecule has 3 N–H and O–H groups in total. The number of rotatable bonds is 8. The van der Waals surface area contributed by atoms with Gasteiger partial charge in [-0.05, 0) is 56.7 Å². The van der Waals surface area contributed by atoms with Crippen molar-refractivity contribution in [3.05, 3.63) is 23.8 Å². The molecule has 1 aromatic rings. The summed E-state index contributed by atoms with van der Waals surface area (Å²) in [5.41, 5.74) is 6.07. The minimum Gasteiger partial charge on any atom is -0.493 e. The Balaban J connectivity index is 0.00000312. The van der Waals surface area contributed by atoms with Gasteiger partial charge in [0.15, 0.2) is 11.5 Å². The number of carbonyl (C=O) groups is 1. The molecule has 1 aromatic carbocycles. The van der Waals surface area contributed by atoms with Crippen molar-refractivity contribution in [2.45, 2.75) is 64.0 Å². The first kappa shape index (κ1) is 21.6. The van der Waals surface area contributed by atoms with Crippen LogP contribution in [0.25, 0.3) is 0 Å². The van der Waals surface area contributed by atoms with E-state index in [1.807, 2.05) is 19.9 Å². The maximum absolute atomic E-state index is 12.6. The van der Waals surface area contributed by atoms with Crippen molar-refractivity contribution in [1.82, 2.24) is 5.32 Å². The molecule has 2 rings (SSSR count). The molecule has 0 spiro atoms. The number of hydrogen-bond acceptors (Lipinski definition) is 4. The lowest BCUT2D eigenvalue weighted by atomic mass is 9.92. The highest BCUT2D eigenvalue weighted by Crippen LogP contribution is 2.32. The normalized spacial score (nSPS) is 14.7. The third-order valence-corrected chi connectivity index (χ3v) is 5.14. The lowest BCUT2D eigenvalue weighted by Gasteiger charge is -2.31. The minimum atomic E-state index is -0.358. The molecule has 0 radical (unpaired) electrons. The van der Waals surface area contributed by atoms with Crippen LogP contribution in [0.4, 0.5) is 0 Å². The van der Waals surface area contributed by atoms with Gasteiger partial charge in [-0.2, -0.15) is 0 Å². The summed E-state index contributed by atoms with van der Waals surface area (Å²) in [6.07, 6.45) is 6.43. The van der Waals surface area contributed by atoms with Crippen LogP contribution in [0.3, 0.4) is 0 Å². The third kappa shape index (κ3) is 5.25. The van der Waals surface area contributed by atoms with Crippen LogP contribution in [-0.4, -0.2) is 31.2 Å². The molecule has 0 saturated heterocycles. The monoisotopic (exact) mass is 370 g/mol. The van der Waals surface area contributed by atoms with Crippen LogP contribution < -0.4 is 20.5 Å². The van der Waals surface area contributed by atoms with E-state index in [1.165, 1.54) is 12.8 Å². The number of benzene rings is 1. The van der Waals surface area contributed by atoms with E-state index in [-0.39, 0.29) is 30.0 Å². The molecule has 1 aliphatic rings. The topological polar surface area (TPSA) is 73.6 Å². The number of ether oxygens (including phenoxy) is 2. The van der Waals surface area contributed by atoms with Gasteiger partial charge in [-0.1, -0.05) is 13.8 Å².